The highest BCUT2D eigenvalue weighted by Crippen LogP contribution is 2.29. The monoisotopic (exact) mass is 351 g/mol. The number of aryl methyl sites for hydroxylation is 3. The quantitative estimate of drug-likeness (QED) is 0.548. The van der Waals surface area contributed by atoms with Crippen molar-refractivity contribution in [1.29, 1.82) is 0 Å². The van der Waals surface area contributed by atoms with E-state index in [1.165, 1.54) is 17.3 Å². The molecule has 0 aliphatic rings. The minimum absolute atomic E-state index is 0.0252. The molecule has 5 heteroatoms. The Balaban J connectivity index is 1.79. The van der Waals surface area contributed by atoms with E-state index in [1.54, 1.807) is 6.33 Å². The molecule has 0 spiro atoms. The maximum absolute atomic E-state index is 12.7. The van der Waals surface area contributed by atoms with Gasteiger partial charge < -0.3 is 5.32 Å². The molecule has 0 aliphatic heterocycles. The van der Waals surface area contributed by atoms with E-state index in [9.17, 15) is 4.79 Å². The van der Waals surface area contributed by atoms with Crippen molar-refractivity contribution in [2.75, 3.05) is 5.32 Å². The summed E-state index contributed by atoms with van der Waals surface area (Å²) in [6.07, 6.45) is 1.55. The fourth-order valence-corrected chi connectivity index (χ4v) is 3.81. The van der Waals surface area contributed by atoms with E-state index in [1.807, 2.05) is 45.0 Å². The van der Waals surface area contributed by atoms with E-state index < -0.39 is 0 Å². The first-order valence-corrected chi connectivity index (χ1v) is 9.09. The lowest BCUT2D eigenvalue weighted by molar-refractivity contribution is -0.115. The molecule has 0 saturated heterocycles. The van der Waals surface area contributed by atoms with Crippen molar-refractivity contribution in [3.05, 3.63) is 59.4 Å². The Kier molecular flexibility index (Phi) is 5.04. The van der Waals surface area contributed by atoms with Gasteiger partial charge in [0.15, 0.2) is 0 Å². The average molecular weight is 351 g/mol. The van der Waals surface area contributed by atoms with Crippen LogP contribution < -0.4 is 5.32 Å². The Morgan fingerprint density at radius 3 is 2.48 bits per heavy atom. The van der Waals surface area contributed by atoms with Crippen LogP contribution in [0.5, 0.6) is 0 Å². The average Bonchev–Trinajstić information content (AvgIpc) is 2.58. The van der Waals surface area contributed by atoms with Gasteiger partial charge >= 0.3 is 0 Å². The number of benzene rings is 2. The third kappa shape index (κ3) is 3.82. The number of aromatic nitrogens is 2. The number of thioether (sulfide) groups is 1. The molecule has 0 bridgehead atoms. The predicted molar refractivity (Wildman–Crippen MR) is 104 cm³/mol. The van der Waals surface area contributed by atoms with Crippen molar-refractivity contribution in [1.82, 2.24) is 9.97 Å². The van der Waals surface area contributed by atoms with Crippen LogP contribution in [0.3, 0.4) is 0 Å². The zero-order chi connectivity index (χ0) is 18.0. The topological polar surface area (TPSA) is 54.9 Å². The Labute approximate surface area is 152 Å². The van der Waals surface area contributed by atoms with Crippen LogP contribution in [0.15, 0.2) is 47.8 Å². The Morgan fingerprint density at radius 2 is 1.76 bits per heavy atom. The number of fused-ring (bicyclic) bond motifs is 1. The van der Waals surface area contributed by atoms with E-state index in [0.29, 0.717) is 0 Å². The number of nitrogens with zero attached hydrogens (tertiary/aromatic N) is 2. The first-order valence-electron chi connectivity index (χ1n) is 8.21. The number of amides is 1. The van der Waals surface area contributed by atoms with E-state index in [4.69, 9.17) is 0 Å². The van der Waals surface area contributed by atoms with Gasteiger partial charge in [-0.15, -0.1) is 0 Å². The summed E-state index contributed by atoms with van der Waals surface area (Å²) in [5.41, 5.74) is 5.14. The molecule has 1 amide bonds. The maximum Gasteiger partial charge on any atom is 0.237 e. The molecule has 2 aromatic carbocycles. The molecule has 25 heavy (non-hydrogen) atoms. The van der Waals surface area contributed by atoms with Crippen LogP contribution in [0.1, 0.15) is 23.6 Å². The summed E-state index contributed by atoms with van der Waals surface area (Å²) < 4.78 is 0. The molecule has 0 aliphatic carbocycles. The summed E-state index contributed by atoms with van der Waals surface area (Å²) in [5, 5.41) is 4.60. The molecule has 0 unspecified atom stereocenters. The molecule has 1 N–H and O–H groups in total. The van der Waals surface area contributed by atoms with Crippen LogP contribution in [-0.4, -0.2) is 21.1 Å². The van der Waals surface area contributed by atoms with Gasteiger partial charge in [0.05, 0.1) is 10.8 Å². The lowest BCUT2D eigenvalue weighted by atomic mass is 10.1. The van der Waals surface area contributed by atoms with Crippen LogP contribution >= 0.6 is 11.8 Å². The molecule has 3 aromatic rings. The molecule has 128 valence electrons. The second kappa shape index (κ2) is 7.23. The van der Waals surface area contributed by atoms with Crippen molar-refractivity contribution in [3.8, 4) is 0 Å². The van der Waals surface area contributed by atoms with Crippen LogP contribution in [0.4, 0.5) is 5.69 Å². The predicted octanol–water partition coefficient (Wildman–Crippen LogP) is 4.67. The Morgan fingerprint density at radius 1 is 1.08 bits per heavy atom. The molecule has 0 saturated carbocycles. The second-order valence-electron chi connectivity index (χ2n) is 6.22. The summed E-state index contributed by atoms with van der Waals surface area (Å²) in [7, 11) is 0. The van der Waals surface area contributed by atoms with Gasteiger partial charge in [-0.25, -0.2) is 9.97 Å². The lowest BCUT2D eigenvalue weighted by Crippen LogP contribution is -2.23. The van der Waals surface area contributed by atoms with Gasteiger partial charge in [-0.2, -0.15) is 0 Å². The van der Waals surface area contributed by atoms with Crippen molar-refractivity contribution in [2.45, 2.75) is 38.0 Å². The molecular formula is C20H21N3OS. The number of hydrogen-bond acceptors (Lipinski definition) is 4. The lowest BCUT2D eigenvalue weighted by Gasteiger charge is -2.16. The summed E-state index contributed by atoms with van der Waals surface area (Å²) in [6, 6.07) is 12.0. The fraction of sp³-hybridized carbons (Fsp3) is 0.250. The van der Waals surface area contributed by atoms with Crippen LogP contribution in [0, 0.1) is 20.8 Å². The third-order valence-electron chi connectivity index (χ3n) is 4.09. The maximum atomic E-state index is 12.7. The fourth-order valence-electron chi connectivity index (χ4n) is 2.90. The van der Waals surface area contributed by atoms with Gasteiger partial charge in [-0.05, 0) is 44.9 Å². The summed E-state index contributed by atoms with van der Waals surface area (Å²) in [5.74, 6) is -0.0252. The Hall–Kier alpha value is -2.40. The van der Waals surface area contributed by atoms with Crippen molar-refractivity contribution in [3.63, 3.8) is 0 Å². The van der Waals surface area contributed by atoms with E-state index in [2.05, 4.69) is 34.3 Å². The van der Waals surface area contributed by atoms with Gasteiger partial charge in [0.2, 0.25) is 5.91 Å². The van der Waals surface area contributed by atoms with Gasteiger partial charge in [0.25, 0.3) is 0 Å². The zero-order valence-electron chi connectivity index (χ0n) is 14.8. The second-order valence-corrected chi connectivity index (χ2v) is 7.55. The number of anilines is 1. The number of para-hydroxylation sites is 1. The highest BCUT2D eigenvalue weighted by atomic mass is 32.2. The largest absolute Gasteiger partial charge is 0.325 e. The van der Waals surface area contributed by atoms with Gasteiger partial charge in [0.1, 0.15) is 11.4 Å². The summed E-state index contributed by atoms with van der Waals surface area (Å²) in [6.45, 7) is 8.00. The molecule has 3 rings (SSSR count). The molecule has 1 atom stereocenters. The summed E-state index contributed by atoms with van der Waals surface area (Å²) >= 11 is 1.45. The number of rotatable bonds is 4. The van der Waals surface area contributed by atoms with E-state index in [-0.39, 0.29) is 11.2 Å². The van der Waals surface area contributed by atoms with Crippen molar-refractivity contribution in [2.24, 2.45) is 0 Å². The molecule has 1 heterocycles. The minimum Gasteiger partial charge on any atom is -0.325 e. The molecule has 0 radical (unpaired) electrons. The van der Waals surface area contributed by atoms with E-state index in [0.717, 1.165) is 32.7 Å². The molecule has 4 nitrogen and oxygen atoms in total. The SMILES string of the molecule is Cc1cc(C)c(NC(=O)[C@@H](C)Sc2ncnc3ccccc23)c(C)c1. The number of carbonyl (C=O) groups is 1. The summed E-state index contributed by atoms with van der Waals surface area (Å²) in [4.78, 5) is 21.3. The normalized spacial score (nSPS) is 12.2. The smallest absolute Gasteiger partial charge is 0.237 e. The molecule has 1 aromatic heterocycles. The highest BCUT2D eigenvalue weighted by Gasteiger charge is 2.18. The molecular weight excluding hydrogens is 330 g/mol. The molecule has 0 fully saturated rings. The van der Waals surface area contributed by atoms with Gasteiger partial charge in [-0.3, -0.25) is 4.79 Å². The van der Waals surface area contributed by atoms with Crippen molar-refractivity contribution < 1.29 is 4.79 Å². The number of nitrogens with one attached hydrogen (secondary N) is 1. The highest BCUT2D eigenvalue weighted by molar-refractivity contribution is 8.00. The van der Waals surface area contributed by atoms with Crippen LogP contribution in [-0.2, 0) is 4.79 Å². The van der Waals surface area contributed by atoms with Gasteiger partial charge in [0, 0.05) is 11.1 Å². The van der Waals surface area contributed by atoms with E-state index >= 15 is 0 Å². The van der Waals surface area contributed by atoms with Crippen LogP contribution in [0.25, 0.3) is 10.9 Å². The third-order valence-corrected chi connectivity index (χ3v) is 5.21. The first-order chi connectivity index (χ1) is 12.0. The van der Waals surface area contributed by atoms with Crippen molar-refractivity contribution >= 4 is 34.3 Å². The van der Waals surface area contributed by atoms with Gasteiger partial charge in [-0.1, -0.05) is 47.7 Å². The number of carbonyl (C=O) groups excluding carboxylic acids is 1. The van der Waals surface area contributed by atoms with Crippen LogP contribution in [0.2, 0.25) is 0 Å². The first kappa shape index (κ1) is 17.4. The number of hydrogen-bond donors (Lipinski definition) is 1. The Bertz CT molecular complexity index is 911. The minimum atomic E-state index is -0.265. The zero-order valence-corrected chi connectivity index (χ0v) is 15.6. The standard InChI is InChI=1S/C20H21N3OS/c1-12-9-13(2)18(14(3)10-12)23-19(24)15(4)25-20-16-7-5-6-8-17(16)21-11-22-20/h5-11,15H,1-4H3,(H,23,24)/t15-/m1/s1.